The van der Waals surface area contributed by atoms with Gasteiger partial charge in [0.15, 0.2) is 0 Å². The van der Waals surface area contributed by atoms with Crippen LogP contribution in [0.3, 0.4) is 0 Å². The van der Waals surface area contributed by atoms with Crippen molar-refractivity contribution in [1.82, 2.24) is 0 Å². The van der Waals surface area contributed by atoms with E-state index in [0.717, 1.165) is 0 Å². The van der Waals surface area contributed by atoms with Crippen molar-refractivity contribution >= 4 is 49.7 Å². The van der Waals surface area contributed by atoms with Gasteiger partial charge in [-0.1, -0.05) is 140 Å². The molecule has 0 saturated carbocycles. The number of rotatable bonds is 7. The maximum absolute atomic E-state index is 8.82. The Labute approximate surface area is 238 Å². The molecule has 5 rings (SSSR count). The summed E-state index contributed by atoms with van der Waals surface area (Å²) in [6.45, 7) is 0. The van der Waals surface area contributed by atoms with Crippen LogP contribution in [0.5, 0.6) is 5.75 Å². The quantitative estimate of drug-likeness (QED) is 0.134. The third kappa shape index (κ3) is 8.77. The Morgan fingerprint density at radius 2 is 0.703 bits per heavy atom. The van der Waals surface area contributed by atoms with Crippen molar-refractivity contribution in [2.45, 2.75) is 4.90 Å². The van der Waals surface area contributed by atoms with E-state index in [9.17, 15) is 0 Å². The first-order chi connectivity index (χ1) is 17.7. The fraction of sp³-hybridized carbons (Fsp3) is 0.0625. The van der Waals surface area contributed by atoms with Gasteiger partial charge in [-0.15, -0.1) is 4.90 Å². The number of phenols is 1. The Morgan fingerprint density at radius 1 is 0.432 bits per heavy atom. The molecule has 5 heteroatoms. The second-order valence-electron chi connectivity index (χ2n) is 8.11. The largest absolute Gasteiger partial charge is 0.776 e. The first-order valence-corrected chi connectivity index (χ1v) is 15.4. The molecule has 0 aliphatic heterocycles. The molecule has 0 atom stereocenters. The van der Waals surface area contributed by atoms with E-state index in [1.165, 1.54) is 33.5 Å². The van der Waals surface area contributed by atoms with Crippen molar-refractivity contribution < 1.29 is 21.6 Å². The van der Waals surface area contributed by atoms with Crippen LogP contribution in [0.15, 0.2) is 150 Å². The monoisotopic (exact) mass is 581 g/mol. The minimum atomic E-state index is -0.348. The smallest absolute Gasteiger partial charge is 0.0960 e. The number of aromatic hydroxyl groups is 1. The molecule has 0 saturated heterocycles. The van der Waals surface area contributed by atoms with Crippen molar-refractivity contribution in [2.75, 3.05) is 12.3 Å². The molecule has 0 heterocycles. The Balaban J connectivity index is 0.000000363. The van der Waals surface area contributed by atoms with Gasteiger partial charge in [-0.2, -0.15) is 0 Å². The van der Waals surface area contributed by atoms with Crippen LogP contribution in [0.2, 0.25) is 0 Å². The van der Waals surface area contributed by atoms with Gasteiger partial charge in [0.1, 0.15) is 0 Å². The molecule has 1 N–H and O–H groups in total. The van der Waals surface area contributed by atoms with Crippen LogP contribution in [0, 0.1) is 0 Å². The van der Waals surface area contributed by atoms with Gasteiger partial charge in [-0.3, -0.25) is 0 Å². The van der Waals surface area contributed by atoms with Crippen LogP contribution in [-0.4, -0.2) is 17.4 Å². The van der Waals surface area contributed by atoms with Gasteiger partial charge in [0.25, 0.3) is 0 Å². The normalized spacial score (nSPS) is 10.3. The average Bonchev–Trinajstić information content (AvgIpc) is 2.95. The van der Waals surface area contributed by atoms with Crippen LogP contribution < -0.4 is 21.2 Å². The third-order valence-corrected chi connectivity index (χ3v) is 11.4. The van der Waals surface area contributed by atoms with Gasteiger partial charge >= 0.3 is 0 Å². The molecule has 37 heavy (non-hydrogen) atoms. The zero-order chi connectivity index (χ0) is 25.0. The van der Waals surface area contributed by atoms with E-state index in [2.05, 4.69) is 121 Å². The Bertz CT molecular complexity index is 1120. The Morgan fingerprint density at radius 3 is 0.946 bits per heavy atom. The first kappa shape index (κ1) is 29.0. The molecular weight excluding hydrogens is 553 g/mol. The van der Waals surface area contributed by atoms with Gasteiger partial charge in [0.05, 0.1) is 5.75 Å². The molecule has 0 spiro atoms. The Kier molecular flexibility index (Phi) is 12.3. The van der Waals surface area contributed by atoms with Gasteiger partial charge < -0.3 is 17.7 Å². The summed E-state index contributed by atoms with van der Waals surface area (Å²) < 4.78 is 0. The number of benzene rings is 5. The van der Waals surface area contributed by atoms with Gasteiger partial charge in [-0.25, -0.2) is 0 Å². The van der Waals surface area contributed by atoms with E-state index in [0.29, 0.717) is 4.90 Å². The predicted molar refractivity (Wildman–Crippen MR) is 162 cm³/mol. The fourth-order valence-corrected chi connectivity index (χ4v) is 9.41. The summed E-state index contributed by atoms with van der Waals surface area (Å²) in [4.78, 5) is 0.507. The molecule has 0 fully saturated rings. The molecule has 0 bridgehead atoms. The number of hydrogen-bond donors (Lipinski definition) is 1. The molecule has 0 aromatic heterocycles. The van der Waals surface area contributed by atoms with E-state index in [1.54, 1.807) is 24.3 Å². The predicted octanol–water partition coefficient (Wildman–Crippen LogP) is 6.55. The molecule has 0 amide bonds. The molecular formula is C32H29NiOP2S-. The van der Waals surface area contributed by atoms with Crippen molar-refractivity contribution in [3.8, 4) is 5.75 Å². The number of phenolic OH excluding ortho intramolecular Hbond substituents is 1. The van der Waals surface area contributed by atoms with E-state index >= 15 is 0 Å². The second kappa shape index (κ2) is 15.7. The van der Waals surface area contributed by atoms with Crippen LogP contribution >= 0.6 is 15.8 Å². The van der Waals surface area contributed by atoms with Crippen LogP contribution in [-0.2, 0) is 29.1 Å². The third-order valence-electron chi connectivity index (χ3n) is 5.68. The van der Waals surface area contributed by atoms with E-state index in [4.69, 9.17) is 17.7 Å². The second-order valence-corrected chi connectivity index (χ2v) is 13.2. The van der Waals surface area contributed by atoms with Crippen molar-refractivity contribution in [1.29, 1.82) is 0 Å². The molecule has 5 aromatic carbocycles. The molecule has 0 radical (unpaired) electrons. The molecule has 0 aliphatic carbocycles. The minimum absolute atomic E-state index is 0. The van der Waals surface area contributed by atoms with E-state index in [-0.39, 0.29) is 38.1 Å². The summed E-state index contributed by atoms with van der Waals surface area (Å²) in [7, 11) is -0.696. The average molecular weight is 582 g/mol. The van der Waals surface area contributed by atoms with Crippen LogP contribution in [0.4, 0.5) is 0 Å². The maximum atomic E-state index is 8.82. The summed E-state index contributed by atoms with van der Waals surface area (Å²) in [5.74, 6) is 0.183. The summed E-state index contributed by atoms with van der Waals surface area (Å²) >= 11 is 4.70. The molecule has 0 unspecified atom stereocenters. The van der Waals surface area contributed by atoms with Gasteiger partial charge in [0, 0.05) is 16.5 Å². The van der Waals surface area contributed by atoms with E-state index in [1.807, 2.05) is 0 Å². The zero-order valence-electron chi connectivity index (χ0n) is 20.3. The van der Waals surface area contributed by atoms with Crippen molar-refractivity contribution in [2.24, 2.45) is 0 Å². The topological polar surface area (TPSA) is 20.2 Å². The van der Waals surface area contributed by atoms with Crippen molar-refractivity contribution in [3.05, 3.63) is 146 Å². The Hall–Kier alpha value is -2.53. The number of para-hydroxylation sites is 1. The standard InChI is InChI=1S/C26H24P2.C6H6OS.Ni/c1-5-13-23(14-6-1)27(24-15-7-2-8-16-24)21-22-28(25-17-9-3-10-18-25)26-19-11-4-12-20-26;7-5-3-1-2-4-6(5)8;/h1-20H,21-22H2;1-4,7-8H;/p-1. The zero-order valence-corrected chi connectivity index (χ0v) is 23.9. The SMILES string of the molecule is Oc1ccccc1[S-].[Ni].c1ccc(P(CCP(c2ccccc2)c2ccccc2)c2ccccc2)cc1. The molecule has 190 valence electrons. The molecule has 5 aromatic rings. The summed E-state index contributed by atoms with van der Waals surface area (Å²) in [5.41, 5.74) is 0. The minimum Gasteiger partial charge on any atom is -0.776 e. The van der Waals surface area contributed by atoms with E-state index < -0.39 is 0 Å². The van der Waals surface area contributed by atoms with Crippen LogP contribution in [0.1, 0.15) is 0 Å². The summed E-state index contributed by atoms with van der Waals surface area (Å²) in [6, 6.07) is 51.0. The number of hydrogen-bond acceptors (Lipinski definition) is 2. The maximum Gasteiger partial charge on any atom is 0.0960 e. The van der Waals surface area contributed by atoms with Gasteiger partial charge in [0.2, 0.25) is 0 Å². The van der Waals surface area contributed by atoms with Crippen LogP contribution in [0.25, 0.3) is 0 Å². The first-order valence-electron chi connectivity index (χ1n) is 11.9. The molecule has 1 nitrogen and oxygen atoms in total. The van der Waals surface area contributed by atoms with Gasteiger partial charge in [-0.05, 0) is 55.5 Å². The van der Waals surface area contributed by atoms with Crippen molar-refractivity contribution in [3.63, 3.8) is 0 Å². The summed E-state index contributed by atoms with van der Waals surface area (Å²) in [5, 5.41) is 14.7. The summed E-state index contributed by atoms with van der Waals surface area (Å²) in [6.07, 6.45) is 2.41. The fourth-order valence-electron chi connectivity index (χ4n) is 3.90. The molecule has 0 aliphatic rings.